The Hall–Kier alpha value is -2.34. The summed E-state index contributed by atoms with van der Waals surface area (Å²) < 4.78 is 30.1. The molecule has 2 aromatic rings. The van der Waals surface area contributed by atoms with E-state index in [1.807, 2.05) is 12.1 Å². The van der Waals surface area contributed by atoms with Gasteiger partial charge in [0.05, 0.1) is 5.56 Å². The zero-order valence-corrected chi connectivity index (χ0v) is 15.5. The van der Waals surface area contributed by atoms with Gasteiger partial charge in [-0.25, -0.2) is 4.79 Å². The Bertz CT molecular complexity index is 894. The van der Waals surface area contributed by atoms with Crippen LogP contribution in [0.3, 0.4) is 0 Å². The Morgan fingerprint density at radius 3 is 2.31 bits per heavy atom. The molecule has 1 fully saturated rings. The molecule has 0 heterocycles. The van der Waals surface area contributed by atoms with E-state index in [1.54, 1.807) is 19.1 Å². The molecule has 0 radical (unpaired) electrons. The van der Waals surface area contributed by atoms with Gasteiger partial charge in [0.1, 0.15) is 10.6 Å². The quantitative estimate of drug-likeness (QED) is 0.779. The van der Waals surface area contributed by atoms with Gasteiger partial charge in [-0.2, -0.15) is 8.42 Å². The van der Waals surface area contributed by atoms with Crippen LogP contribution in [0.5, 0.6) is 5.75 Å². The van der Waals surface area contributed by atoms with Crippen molar-refractivity contribution in [1.29, 1.82) is 0 Å². The van der Waals surface area contributed by atoms with E-state index >= 15 is 0 Å². The standard InChI is InChI=1S/C20H22O5S/c1-14-7-12-18(13-19(14)20(21)22)26(23,24)25-17-10-8-16(9-11-17)15-5-3-2-4-6-15/h7-13,15H,2-6H2,1H3,(H,21,22). The van der Waals surface area contributed by atoms with Gasteiger partial charge in [0.25, 0.3) is 0 Å². The molecule has 1 aliphatic carbocycles. The van der Waals surface area contributed by atoms with E-state index < -0.39 is 16.1 Å². The van der Waals surface area contributed by atoms with Crippen molar-refractivity contribution in [2.75, 3.05) is 0 Å². The van der Waals surface area contributed by atoms with Crippen molar-refractivity contribution in [1.82, 2.24) is 0 Å². The summed E-state index contributed by atoms with van der Waals surface area (Å²) in [7, 11) is -4.09. The molecule has 0 atom stereocenters. The minimum absolute atomic E-state index is 0.0534. The first kappa shape index (κ1) is 18.5. The molecule has 0 unspecified atom stereocenters. The molecule has 6 heteroatoms. The van der Waals surface area contributed by atoms with E-state index in [9.17, 15) is 13.2 Å². The Morgan fingerprint density at radius 2 is 1.69 bits per heavy atom. The van der Waals surface area contributed by atoms with Gasteiger partial charge in [-0.05, 0) is 61.1 Å². The maximum absolute atomic E-state index is 12.5. The first-order chi connectivity index (χ1) is 12.4. The van der Waals surface area contributed by atoms with Crippen LogP contribution in [0.1, 0.15) is 59.5 Å². The molecule has 0 aromatic heterocycles. The summed E-state index contributed by atoms with van der Waals surface area (Å²) in [5.74, 6) is -0.414. The van der Waals surface area contributed by atoms with Crippen LogP contribution in [0.25, 0.3) is 0 Å². The molecule has 0 amide bonds. The summed E-state index contributed by atoms with van der Waals surface area (Å²) >= 11 is 0. The summed E-state index contributed by atoms with van der Waals surface area (Å²) in [5.41, 5.74) is 1.65. The third-order valence-electron chi connectivity index (χ3n) is 4.89. The lowest BCUT2D eigenvalue weighted by atomic mass is 9.84. The topological polar surface area (TPSA) is 80.7 Å². The third kappa shape index (κ3) is 4.07. The van der Waals surface area contributed by atoms with Crippen LogP contribution in [0.2, 0.25) is 0 Å². The lowest BCUT2D eigenvalue weighted by molar-refractivity contribution is 0.0696. The summed E-state index contributed by atoms with van der Waals surface area (Å²) in [6.07, 6.45) is 6.08. The number of carboxylic acids is 1. The molecular formula is C20H22O5S. The van der Waals surface area contributed by atoms with E-state index in [-0.39, 0.29) is 16.2 Å². The fraction of sp³-hybridized carbons (Fsp3) is 0.350. The number of aromatic carboxylic acids is 1. The smallest absolute Gasteiger partial charge is 0.339 e. The lowest BCUT2D eigenvalue weighted by Gasteiger charge is -2.22. The molecule has 0 aliphatic heterocycles. The van der Waals surface area contributed by atoms with Crippen LogP contribution in [0.4, 0.5) is 0 Å². The van der Waals surface area contributed by atoms with Gasteiger partial charge in [-0.15, -0.1) is 0 Å². The van der Waals surface area contributed by atoms with Crippen molar-refractivity contribution in [3.05, 3.63) is 59.2 Å². The molecule has 0 bridgehead atoms. The maximum atomic E-state index is 12.5. The van der Waals surface area contributed by atoms with E-state index in [0.29, 0.717) is 11.5 Å². The van der Waals surface area contributed by atoms with E-state index in [0.717, 1.165) is 6.07 Å². The molecule has 138 valence electrons. The van der Waals surface area contributed by atoms with Crippen LogP contribution in [0, 0.1) is 6.92 Å². The largest absolute Gasteiger partial charge is 0.478 e. The van der Waals surface area contributed by atoms with Gasteiger partial charge in [0, 0.05) is 0 Å². The van der Waals surface area contributed by atoms with Crippen molar-refractivity contribution in [3.63, 3.8) is 0 Å². The van der Waals surface area contributed by atoms with Crippen LogP contribution in [-0.4, -0.2) is 19.5 Å². The van der Waals surface area contributed by atoms with Gasteiger partial charge in [-0.3, -0.25) is 0 Å². The highest BCUT2D eigenvalue weighted by atomic mass is 32.2. The van der Waals surface area contributed by atoms with Gasteiger partial charge in [0.2, 0.25) is 0 Å². The number of carboxylic acid groups (broad SMARTS) is 1. The lowest BCUT2D eigenvalue weighted by Crippen LogP contribution is -2.12. The number of carbonyl (C=O) groups is 1. The highest BCUT2D eigenvalue weighted by Crippen LogP contribution is 2.33. The second kappa shape index (κ2) is 7.50. The molecule has 5 nitrogen and oxygen atoms in total. The van der Waals surface area contributed by atoms with Gasteiger partial charge in [0.15, 0.2) is 0 Å². The maximum Gasteiger partial charge on any atom is 0.339 e. The van der Waals surface area contributed by atoms with E-state index in [2.05, 4.69) is 0 Å². The fourth-order valence-corrected chi connectivity index (χ4v) is 4.35. The highest BCUT2D eigenvalue weighted by molar-refractivity contribution is 7.87. The zero-order valence-electron chi connectivity index (χ0n) is 14.6. The molecule has 1 N–H and O–H groups in total. The zero-order chi connectivity index (χ0) is 18.7. The Labute approximate surface area is 153 Å². The fourth-order valence-electron chi connectivity index (χ4n) is 3.39. The van der Waals surface area contributed by atoms with Crippen LogP contribution >= 0.6 is 0 Å². The second-order valence-electron chi connectivity index (χ2n) is 6.72. The number of hydrogen-bond donors (Lipinski definition) is 1. The summed E-state index contributed by atoms with van der Waals surface area (Å²) in [4.78, 5) is 11.0. The molecule has 2 aromatic carbocycles. The molecule has 0 spiro atoms. The average Bonchev–Trinajstić information content (AvgIpc) is 2.62. The Morgan fingerprint density at radius 1 is 1.04 bits per heavy atom. The number of hydrogen-bond acceptors (Lipinski definition) is 4. The van der Waals surface area contributed by atoms with Crippen molar-refractivity contribution in [3.8, 4) is 5.75 Å². The van der Waals surface area contributed by atoms with Gasteiger partial charge in [-0.1, -0.05) is 37.5 Å². The third-order valence-corrected chi connectivity index (χ3v) is 6.13. The normalized spacial score (nSPS) is 15.6. The number of aryl methyl sites for hydroxylation is 1. The van der Waals surface area contributed by atoms with Gasteiger partial charge < -0.3 is 9.29 Å². The number of rotatable bonds is 5. The molecule has 26 heavy (non-hydrogen) atoms. The summed E-state index contributed by atoms with van der Waals surface area (Å²) in [6.45, 7) is 1.62. The predicted molar refractivity (Wildman–Crippen MR) is 98.2 cm³/mol. The van der Waals surface area contributed by atoms with E-state index in [1.165, 1.54) is 49.8 Å². The first-order valence-corrected chi connectivity index (χ1v) is 10.2. The minimum atomic E-state index is -4.09. The molecule has 1 saturated carbocycles. The van der Waals surface area contributed by atoms with Crippen LogP contribution < -0.4 is 4.18 Å². The Balaban J connectivity index is 1.79. The van der Waals surface area contributed by atoms with E-state index in [4.69, 9.17) is 9.29 Å². The SMILES string of the molecule is Cc1ccc(S(=O)(=O)Oc2ccc(C3CCCCC3)cc2)cc1C(=O)O. The highest BCUT2D eigenvalue weighted by Gasteiger charge is 2.20. The monoisotopic (exact) mass is 374 g/mol. The number of benzene rings is 2. The van der Waals surface area contributed by atoms with Crippen LogP contribution in [-0.2, 0) is 10.1 Å². The minimum Gasteiger partial charge on any atom is -0.478 e. The molecule has 0 saturated heterocycles. The van der Waals surface area contributed by atoms with Crippen molar-refractivity contribution < 1.29 is 22.5 Å². The van der Waals surface area contributed by atoms with Crippen LogP contribution in [0.15, 0.2) is 47.4 Å². The predicted octanol–water partition coefficient (Wildman–Crippen LogP) is 4.51. The second-order valence-corrected chi connectivity index (χ2v) is 8.27. The first-order valence-electron chi connectivity index (χ1n) is 8.75. The summed E-state index contributed by atoms with van der Waals surface area (Å²) in [5, 5.41) is 9.16. The van der Waals surface area contributed by atoms with Gasteiger partial charge >= 0.3 is 16.1 Å². The average molecular weight is 374 g/mol. The molecule has 3 rings (SSSR count). The molecule has 1 aliphatic rings. The summed E-state index contributed by atoms with van der Waals surface area (Å²) in [6, 6.07) is 11.1. The van der Waals surface area contributed by atoms with Crippen molar-refractivity contribution in [2.24, 2.45) is 0 Å². The Kier molecular flexibility index (Phi) is 5.32. The van der Waals surface area contributed by atoms with Crippen molar-refractivity contribution >= 4 is 16.1 Å². The molecular weight excluding hydrogens is 352 g/mol. The van der Waals surface area contributed by atoms with Crippen molar-refractivity contribution in [2.45, 2.75) is 49.8 Å².